The van der Waals surface area contributed by atoms with Gasteiger partial charge in [-0.2, -0.15) is 5.10 Å². The maximum Gasteiger partial charge on any atom is 0.261 e. The van der Waals surface area contributed by atoms with Crippen LogP contribution in [-0.4, -0.2) is 52.6 Å². The maximum atomic E-state index is 12.4. The number of nitrogens with zero attached hydrogens (tertiary/aromatic N) is 4. The van der Waals surface area contributed by atoms with Crippen LogP contribution in [0.2, 0.25) is 0 Å². The summed E-state index contributed by atoms with van der Waals surface area (Å²) in [6.45, 7) is 2.47. The number of carbonyl (C=O) groups excluding carboxylic acids is 2. The van der Waals surface area contributed by atoms with Crippen LogP contribution in [0.5, 0.6) is 0 Å². The van der Waals surface area contributed by atoms with Gasteiger partial charge in [0.1, 0.15) is 0 Å². The van der Waals surface area contributed by atoms with Crippen LogP contribution in [0.25, 0.3) is 0 Å². The van der Waals surface area contributed by atoms with Gasteiger partial charge in [-0.3, -0.25) is 24.2 Å². The molecule has 0 radical (unpaired) electrons. The van der Waals surface area contributed by atoms with Crippen LogP contribution in [-0.2, 0) is 13.1 Å². The average Bonchev–Trinajstić information content (AvgIpc) is 3.44. The van der Waals surface area contributed by atoms with Gasteiger partial charge < -0.3 is 10.6 Å². The summed E-state index contributed by atoms with van der Waals surface area (Å²) in [5.41, 5.74) is 3.38. The molecule has 0 saturated carbocycles. The Morgan fingerprint density at radius 3 is 2.27 bits per heavy atom. The van der Waals surface area contributed by atoms with Gasteiger partial charge in [-0.15, -0.1) is 0 Å². The molecule has 2 N–H and O–H groups in total. The van der Waals surface area contributed by atoms with Gasteiger partial charge in [0.2, 0.25) is 0 Å². The van der Waals surface area contributed by atoms with Gasteiger partial charge in [0.15, 0.2) is 5.96 Å². The lowest BCUT2D eigenvalue weighted by molar-refractivity contribution is 0.0652. The molecule has 1 aliphatic heterocycles. The molecule has 4 rings (SSSR count). The number of hydrogen-bond acceptors (Lipinski definition) is 4. The number of guanidine groups is 1. The SMILES string of the molecule is CN=C(NCCCCN1C(=O)c2ccccc2C1=O)NCc1ccccc1Cn1cccn1. The molecule has 33 heavy (non-hydrogen) atoms. The number of imide groups is 1. The number of fused-ring (bicyclic) bond motifs is 1. The van der Waals surface area contributed by atoms with E-state index in [2.05, 4.69) is 32.9 Å². The third-order valence-corrected chi connectivity index (χ3v) is 5.66. The van der Waals surface area contributed by atoms with E-state index in [4.69, 9.17) is 0 Å². The monoisotopic (exact) mass is 444 g/mol. The van der Waals surface area contributed by atoms with E-state index in [0.717, 1.165) is 12.8 Å². The van der Waals surface area contributed by atoms with Gasteiger partial charge in [0.25, 0.3) is 11.8 Å². The lowest BCUT2D eigenvalue weighted by Crippen LogP contribution is -2.38. The Kier molecular flexibility index (Phi) is 7.14. The molecular formula is C25H28N6O2. The molecule has 1 aliphatic rings. The normalized spacial score (nSPS) is 13.4. The van der Waals surface area contributed by atoms with Crippen LogP contribution in [0.15, 0.2) is 72.0 Å². The van der Waals surface area contributed by atoms with Gasteiger partial charge >= 0.3 is 0 Å². The number of rotatable bonds is 9. The highest BCUT2D eigenvalue weighted by molar-refractivity contribution is 6.21. The minimum absolute atomic E-state index is 0.199. The van der Waals surface area contributed by atoms with E-state index in [1.165, 1.54) is 16.0 Å². The van der Waals surface area contributed by atoms with Crippen molar-refractivity contribution in [1.29, 1.82) is 0 Å². The summed E-state index contributed by atoms with van der Waals surface area (Å²) in [4.78, 5) is 30.5. The molecule has 0 atom stereocenters. The molecule has 2 amide bonds. The number of unbranched alkanes of at least 4 members (excludes halogenated alkanes) is 1. The molecule has 0 fully saturated rings. The fraction of sp³-hybridized carbons (Fsp3) is 0.280. The van der Waals surface area contributed by atoms with Gasteiger partial charge in [-0.1, -0.05) is 36.4 Å². The summed E-state index contributed by atoms with van der Waals surface area (Å²) in [6.07, 6.45) is 5.26. The second kappa shape index (κ2) is 10.6. The van der Waals surface area contributed by atoms with Crippen molar-refractivity contribution in [1.82, 2.24) is 25.3 Å². The molecule has 170 valence electrons. The highest BCUT2D eigenvalue weighted by atomic mass is 16.2. The number of carbonyl (C=O) groups is 2. The molecular weight excluding hydrogens is 416 g/mol. The minimum Gasteiger partial charge on any atom is -0.356 e. The van der Waals surface area contributed by atoms with Crippen LogP contribution >= 0.6 is 0 Å². The average molecular weight is 445 g/mol. The highest BCUT2D eigenvalue weighted by Gasteiger charge is 2.34. The second-order valence-corrected chi connectivity index (χ2v) is 7.84. The Labute approximate surface area is 193 Å². The summed E-state index contributed by atoms with van der Waals surface area (Å²) >= 11 is 0. The van der Waals surface area contributed by atoms with Crippen molar-refractivity contribution in [2.45, 2.75) is 25.9 Å². The zero-order chi connectivity index (χ0) is 23.0. The largest absolute Gasteiger partial charge is 0.356 e. The van der Waals surface area contributed by atoms with Crippen LogP contribution in [0.3, 0.4) is 0 Å². The third-order valence-electron chi connectivity index (χ3n) is 5.66. The van der Waals surface area contributed by atoms with E-state index in [1.54, 1.807) is 37.5 Å². The molecule has 0 spiro atoms. The first-order valence-electron chi connectivity index (χ1n) is 11.1. The summed E-state index contributed by atoms with van der Waals surface area (Å²) in [5.74, 6) is 0.314. The number of amides is 2. The third kappa shape index (κ3) is 5.28. The van der Waals surface area contributed by atoms with Crippen molar-refractivity contribution in [3.8, 4) is 0 Å². The fourth-order valence-electron chi connectivity index (χ4n) is 3.90. The molecule has 0 bridgehead atoms. The zero-order valence-corrected chi connectivity index (χ0v) is 18.7. The van der Waals surface area contributed by atoms with Crippen molar-refractivity contribution >= 4 is 17.8 Å². The smallest absolute Gasteiger partial charge is 0.261 e. The van der Waals surface area contributed by atoms with Crippen LogP contribution in [0.1, 0.15) is 44.7 Å². The predicted octanol–water partition coefficient (Wildman–Crippen LogP) is 2.67. The summed E-state index contributed by atoms with van der Waals surface area (Å²) in [5, 5.41) is 10.9. The van der Waals surface area contributed by atoms with Gasteiger partial charge in [0, 0.05) is 39.1 Å². The molecule has 0 saturated heterocycles. The number of nitrogens with one attached hydrogen (secondary N) is 2. The number of aliphatic imine (C=N–C) groups is 1. The molecule has 0 unspecified atom stereocenters. The van der Waals surface area contributed by atoms with E-state index in [-0.39, 0.29) is 11.8 Å². The van der Waals surface area contributed by atoms with Crippen LogP contribution < -0.4 is 10.6 Å². The van der Waals surface area contributed by atoms with Gasteiger partial charge in [-0.25, -0.2) is 0 Å². The van der Waals surface area contributed by atoms with E-state index >= 15 is 0 Å². The summed E-state index contributed by atoms with van der Waals surface area (Å²) < 4.78 is 1.90. The summed E-state index contributed by atoms with van der Waals surface area (Å²) in [6, 6.07) is 17.2. The number of hydrogen-bond donors (Lipinski definition) is 2. The minimum atomic E-state index is -0.199. The Morgan fingerprint density at radius 2 is 1.61 bits per heavy atom. The molecule has 2 aromatic carbocycles. The van der Waals surface area contributed by atoms with Crippen molar-refractivity contribution in [3.05, 3.63) is 89.2 Å². The van der Waals surface area contributed by atoms with E-state index in [1.807, 2.05) is 29.1 Å². The molecule has 8 nitrogen and oxygen atoms in total. The Bertz CT molecular complexity index is 1100. The van der Waals surface area contributed by atoms with Crippen molar-refractivity contribution in [2.24, 2.45) is 4.99 Å². The number of aromatic nitrogens is 2. The quantitative estimate of drug-likeness (QED) is 0.229. The van der Waals surface area contributed by atoms with E-state index in [0.29, 0.717) is 43.3 Å². The molecule has 0 aliphatic carbocycles. The van der Waals surface area contributed by atoms with Crippen LogP contribution in [0.4, 0.5) is 0 Å². The Morgan fingerprint density at radius 1 is 0.909 bits per heavy atom. The summed E-state index contributed by atoms with van der Waals surface area (Å²) in [7, 11) is 1.74. The first-order chi connectivity index (χ1) is 16.2. The topological polar surface area (TPSA) is 91.6 Å². The molecule has 2 heterocycles. The van der Waals surface area contributed by atoms with Crippen molar-refractivity contribution in [2.75, 3.05) is 20.1 Å². The molecule has 3 aromatic rings. The Hall–Kier alpha value is -3.94. The lowest BCUT2D eigenvalue weighted by atomic mass is 10.1. The van der Waals surface area contributed by atoms with Crippen molar-refractivity contribution in [3.63, 3.8) is 0 Å². The van der Waals surface area contributed by atoms with Gasteiger partial charge in [-0.05, 0) is 42.2 Å². The fourth-order valence-corrected chi connectivity index (χ4v) is 3.90. The van der Waals surface area contributed by atoms with Crippen molar-refractivity contribution < 1.29 is 9.59 Å². The number of benzene rings is 2. The first kappa shape index (κ1) is 22.3. The van der Waals surface area contributed by atoms with E-state index in [9.17, 15) is 9.59 Å². The van der Waals surface area contributed by atoms with Crippen LogP contribution in [0, 0.1) is 0 Å². The maximum absolute atomic E-state index is 12.4. The molecule has 1 aromatic heterocycles. The van der Waals surface area contributed by atoms with Gasteiger partial charge in [0.05, 0.1) is 17.7 Å². The highest BCUT2D eigenvalue weighted by Crippen LogP contribution is 2.22. The predicted molar refractivity (Wildman–Crippen MR) is 127 cm³/mol. The lowest BCUT2D eigenvalue weighted by Gasteiger charge is -2.16. The van der Waals surface area contributed by atoms with E-state index < -0.39 is 0 Å². The zero-order valence-electron chi connectivity index (χ0n) is 18.7. The molecule has 8 heteroatoms. The Balaban J connectivity index is 1.21. The standard InChI is InChI=1S/C25H28N6O2/c1-26-25(28-17-19-9-2-3-10-20(19)18-30-15-8-14-29-30)27-13-6-7-16-31-23(32)21-11-4-5-12-22(21)24(31)33/h2-5,8-12,14-15H,6-7,13,16-18H2,1H3,(H2,26,27,28). The second-order valence-electron chi connectivity index (χ2n) is 7.84. The first-order valence-corrected chi connectivity index (χ1v) is 11.1.